The smallest absolute Gasteiger partial charge is 0.253 e. The SMILES string of the molecule is Cc1ccc(C(=O)NCCc2c[nH]c3ccccc23)c(C2CCN(C(=O)C=Cc3cccc(O)c3)CC2)n1. The number of hydrogen-bond acceptors (Lipinski definition) is 4. The van der Waals surface area contributed by atoms with E-state index in [1.54, 1.807) is 30.4 Å². The Kier molecular flexibility index (Phi) is 7.54. The van der Waals surface area contributed by atoms with Crippen molar-refractivity contribution in [3.63, 3.8) is 0 Å². The number of nitrogens with zero attached hydrogens (tertiary/aromatic N) is 2. The number of pyridine rings is 1. The highest BCUT2D eigenvalue weighted by Gasteiger charge is 2.27. The van der Waals surface area contributed by atoms with Crippen LogP contribution >= 0.6 is 0 Å². The second-order valence-electron chi connectivity index (χ2n) is 9.78. The first-order chi connectivity index (χ1) is 18.5. The van der Waals surface area contributed by atoms with Crippen molar-refractivity contribution in [3.05, 3.63) is 101 Å². The van der Waals surface area contributed by atoms with Gasteiger partial charge in [0.25, 0.3) is 5.91 Å². The van der Waals surface area contributed by atoms with E-state index < -0.39 is 0 Å². The molecule has 1 aliphatic rings. The van der Waals surface area contributed by atoms with Crippen LogP contribution in [0.15, 0.2) is 72.9 Å². The number of hydrogen-bond donors (Lipinski definition) is 3. The molecule has 0 atom stereocenters. The molecule has 0 bridgehead atoms. The summed E-state index contributed by atoms with van der Waals surface area (Å²) in [4.78, 5) is 35.8. The van der Waals surface area contributed by atoms with E-state index in [1.807, 2.05) is 54.4 Å². The van der Waals surface area contributed by atoms with E-state index in [1.165, 1.54) is 10.9 Å². The van der Waals surface area contributed by atoms with Crippen LogP contribution < -0.4 is 5.32 Å². The van der Waals surface area contributed by atoms with Gasteiger partial charge in [-0.2, -0.15) is 0 Å². The molecule has 38 heavy (non-hydrogen) atoms. The van der Waals surface area contributed by atoms with Crippen LogP contribution in [0.25, 0.3) is 17.0 Å². The highest BCUT2D eigenvalue weighted by atomic mass is 16.3. The number of carbonyl (C=O) groups is 2. The van der Waals surface area contributed by atoms with Gasteiger partial charge >= 0.3 is 0 Å². The molecule has 0 aliphatic carbocycles. The summed E-state index contributed by atoms with van der Waals surface area (Å²) in [5.74, 6) is 0.117. The molecule has 0 saturated carbocycles. The minimum absolute atomic E-state index is 0.0563. The number of rotatable bonds is 7. The van der Waals surface area contributed by atoms with Gasteiger partial charge in [0, 0.05) is 54.4 Å². The number of amides is 2. The van der Waals surface area contributed by atoms with Gasteiger partial charge in [0.05, 0.1) is 11.3 Å². The average molecular weight is 509 g/mol. The van der Waals surface area contributed by atoms with Crippen molar-refractivity contribution >= 4 is 28.8 Å². The zero-order valence-electron chi connectivity index (χ0n) is 21.5. The number of aromatic nitrogens is 2. The highest BCUT2D eigenvalue weighted by molar-refractivity contribution is 5.95. The molecule has 7 nitrogen and oxygen atoms in total. The molecule has 0 unspecified atom stereocenters. The summed E-state index contributed by atoms with van der Waals surface area (Å²) in [6.45, 7) is 3.68. The lowest BCUT2D eigenvalue weighted by Crippen LogP contribution is -2.37. The van der Waals surface area contributed by atoms with Crippen molar-refractivity contribution in [2.75, 3.05) is 19.6 Å². The second kappa shape index (κ2) is 11.3. The Morgan fingerprint density at radius 3 is 2.74 bits per heavy atom. The molecule has 2 amide bonds. The maximum atomic E-state index is 13.2. The van der Waals surface area contributed by atoms with Gasteiger partial charge < -0.3 is 20.3 Å². The number of para-hydroxylation sites is 1. The Bertz CT molecular complexity index is 1480. The first kappa shape index (κ1) is 25.3. The topological polar surface area (TPSA) is 98.3 Å². The first-order valence-electron chi connectivity index (χ1n) is 13.0. The van der Waals surface area contributed by atoms with Crippen LogP contribution in [-0.2, 0) is 11.2 Å². The van der Waals surface area contributed by atoms with Gasteiger partial charge in [-0.1, -0.05) is 30.3 Å². The fourth-order valence-corrected chi connectivity index (χ4v) is 5.10. The number of aromatic hydroxyl groups is 1. The molecule has 3 heterocycles. The van der Waals surface area contributed by atoms with Crippen molar-refractivity contribution in [1.82, 2.24) is 20.2 Å². The number of phenols is 1. The summed E-state index contributed by atoms with van der Waals surface area (Å²) in [5, 5.41) is 13.9. The molecule has 4 aromatic rings. The molecule has 2 aromatic carbocycles. The number of likely N-dealkylation sites (tertiary alicyclic amines) is 1. The maximum absolute atomic E-state index is 13.2. The molecule has 1 saturated heterocycles. The van der Waals surface area contributed by atoms with Gasteiger partial charge in [-0.05, 0) is 73.7 Å². The number of carbonyl (C=O) groups excluding carboxylic acids is 2. The molecule has 1 aliphatic heterocycles. The zero-order chi connectivity index (χ0) is 26.5. The van der Waals surface area contributed by atoms with E-state index in [0.717, 1.165) is 41.7 Å². The standard InChI is InChI=1S/C31H32N4O3/c1-21-9-11-27(31(38)32-16-13-24-20-33-28-8-3-2-7-26(24)28)30(34-21)23-14-17-35(18-15-23)29(37)12-10-22-5-4-6-25(36)19-22/h2-12,19-20,23,33,36H,13-18H2,1H3,(H,32,38). The number of piperidine rings is 1. The Hall–Kier alpha value is -4.39. The number of benzene rings is 2. The van der Waals surface area contributed by atoms with Crippen molar-refractivity contribution in [3.8, 4) is 5.75 Å². The van der Waals surface area contributed by atoms with E-state index in [9.17, 15) is 14.7 Å². The molecule has 2 aromatic heterocycles. The molecular formula is C31H32N4O3. The average Bonchev–Trinajstić information content (AvgIpc) is 3.35. The molecule has 5 rings (SSSR count). The minimum Gasteiger partial charge on any atom is -0.508 e. The van der Waals surface area contributed by atoms with Crippen molar-refractivity contribution in [1.29, 1.82) is 0 Å². The van der Waals surface area contributed by atoms with E-state index in [0.29, 0.717) is 25.2 Å². The van der Waals surface area contributed by atoms with Gasteiger partial charge in [-0.15, -0.1) is 0 Å². The van der Waals surface area contributed by atoms with Crippen molar-refractivity contribution in [2.24, 2.45) is 0 Å². The predicted octanol–water partition coefficient (Wildman–Crippen LogP) is 4.97. The van der Waals surface area contributed by atoms with Gasteiger partial charge in [0.2, 0.25) is 5.91 Å². The summed E-state index contributed by atoms with van der Waals surface area (Å²) >= 11 is 0. The molecular weight excluding hydrogens is 476 g/mol. The molecule has 0 spiro atoms. The summed E-state index contributed by atoms with van der Waals surface area (Å²) in [7, 11) is 0. The highest BCUT2D eigenvalue weighted by Crippen LogP contribution is 2.30. The van der Waals surface area contributed by atoms with E-state index >= 15 is 0 Å². The Morgan fingerprint density at radius 1 is 1.11 bits per heavy atom. The third-order valence-electron chi connectivity index (χ3n) is 7.15. The first-order valence-corrected chi connectivity index (χ1v) is 13.0. The van der Waals surface area contributed by atoms with Crippen molar-refractivity contribution < 1.29 is 14.7 Å². The fraction of sp³-hybridized carbons (Fsp3) is 0.258. The van der Waals surface area contributed by atoms with E-state index in [-0.39, 0.29) is 23.5 Å². The monoisotopic (exact) mass is 508 g/mol. The molecule has 0 radical (unpaired) electrons. The van der Waals surface area contributed by atoms with Gasteiger partial charge in [-0.3, -0.25) is 14.6 Å². The predicted molar refractivity (Wildman–Crippen MR) is 149 cm³/mol. The normalized spacial score (nSPS) is 14.3. The second-order valence-corrected chi connectivity index (χ2v) is 9.78. The van der Waals surface area contributed by atoms with Gasteiger partial charge in [0.15, 0.2) is 0 Å². The lowest BCUT2D eigenvalue weighted by Gasteiger charge is -2.32. The van der Waals surface area contributed by atoms with Crippen LogP contribution in [-0.4, -0.2) is 51.4 Å². The van der Waals surface area contributed by atoms with Gasteiger partial charge in [-0.25, -0.2) is 0 Å². The fourth-order valence-electron chi connectivity index (χ4n) is 5.10. The summed E-state index contributed by atoms with van der Waals surface area (Å²) in [5.41, 5.74) is 5.36. The number of nitrogens with one attached hydrogen (secondary N) is 2. The Morgan fingerprint density at radius 2 is 1.92 bits per heavy atom. The van der Waals surface area contributed by atoms with Crippen LogP contribution in [0.5, 0.6) is 5.75 Å². The van der Waals surface area contributed by atoms with E-state index in [2.05, 4.69) is 16.4 Å². The summed E-state index contributed by atoms with van der Waals surface area (Å²) in [6, 6.07) is 18.7. The lowest BCUT2D eigenvalue weighted by atomic mass is 9.89. The number of H-pyrrole nitrogens is 1. The number of fused-ring (bicyclic) bond motifs is 1. The van der Waals surface area contributed by atoms with Crippen LogP contribution in [0.2, 0.25) is 0 Å². The lowest BCUT2D eigenvalue weighted by molar-refractivity contribution is -0.127. The quantitative estimate of drug-likeness (QED) is 0.307. The van der Waals surface area contributed by atoms with E-state index in [4.69, 9.17) is 4.98 Å². The summed E-state index contributed by atoms with van der Waals surface area (Å²) < 4.78 is 0. The van der Waals surface area contributed by atoms with Gasteiger partial charge in [0.1, 0.15) is 5.75 Å². The summed E-state index contributed by atoms with van der Waals surface area (Å²) in [6.07, 6.45) is 7.50. The number of aryl methyl sites for hydroxylation is 1. The Balaban J connectivity index is 1.19. The molecule has 3 N–H and O–H groups in total. The third-order valence-corrected chi connectivity index (χ3v) is 7.15. The number of aromatic amines is 1. The molecule has 7 heteroatoms. The van der Waals surface area contributed by atoms with Crippen LogP contribution in [0, 0.1) is 6.92 Å². The maximum Gasteiger partial charge on any atom is 0.253 e. The number of phenolic OH excluding ortho intramolecular Hbond substituents is 1. The molecule has 194 valence electrons. The Labute approximate surface area is 222 Å². The largest absolute Gasteiger partial charge is 0.508 e. The zero-order valence-corrected chi connectivity index (χ0v) is 21.5. The van der Waals surface area contributed by atoms with Crippen LogP contribution in [0.4, 0.5) is 0 Å². The van der Waals surface area contributed by atoms with Crippen LogP contribution in [0.1, 0.15) is 51.6 Å². The minimum atomic E-state index is -0.111. The van der Waals surface area contributed by atoms with Crippen molar-refractivity contribution in [2.45, 2.75) is 32.1 Å². The molecule has 1 fully saturated rings. The van der Waals surface area contributed by atoms with Crippen LogP contribution in [0.3, 0.4) is 0 Å². The third kappa shape index (κ3) is 5.78.